The third kappa shape index (κ3) is 9.13. The molecule has 4 nitrogen and oxygen atoms in total. The van der Waals surface area contributed by atoms with Gasteiger partial charge in [-0.2, -0.15) is 0 Å². The summed E-state index contributed by atoms with van der Waals surface area (Å²) in [6, 6.07) is 1.62. The van der Waals surface area contributed by atoms with Crippen LogP contribution in [-0.2, 0) is 0 Å². The summed E-state index contributed by atoms with van der Waals surface area (Å²) in [4.78, 5) is 7.39. The largest absolute Gasteiger partial charge is 0.348 e. The molecule has 1 heterocycles. The average molecular weight is 240 g/mol. The maximum atomic E-state index is 11.6. The van der Waals surface area contributed by atoms with Crippen molar-refractivity contribution < 1.29 is 17.6 Å². The highest BCUT2D eigenvalue weighted by molar-refractivity contribution is 5.21. The van der Waals surface area contributed by atoms with Crippen LogP contribution in [0.3, 0.4) is 0 Å². The topological polar surface area (TPSA) is 63.8 Å². The molecule has 0 aliphatic carbocycles. The molecular formula is C8H12F4N4. The number of aromatic nitrogens is 2. The Labute approximate surface area is 89.9 Å². The van der Waals surface area contributed by atoms with E-state index in [9.17, 15) is 17.6 Å². The Bertz CT molecular complexity index is 257. The van der Waals surface area contributed by atoms with Crippen LogP contribution in [0.2, 0.25) is 0 Å². The Kier molecular flexibility index (Phi) is 8.04. The number of halogens is 4. The van der Waals surface area contributed by atoms with Gasteiger partial charge in [-0.3, -0.25) is 0 Å². The van der Waals surface area contributed by atoms with Crippen molar-refractivity contribution in [1.82, 2.24) is 9.97 Å². The van der Waals surface area contributed by atoms with Gasteiger partial charge in [-0.1, -0.05) is 0 Å². The number of nitrogens with zero attached hydrogens (tertiary/aromatic N) is 2. The minimum atomic E-state index is -2.38. The molecule has 0 fully saturated rings. The number of alkyl halides is 4. The maximum Gasteiger partial charge on any atom is 0.255 e. The quantitative estimate of drug-likeness (QED) is 0.780. The van der Waals surface area contributed by atoms with Gasteiger partial charge < -0.3 is 11.1 Å². The first-order valence-electron chi connectivity index (χ1n) is 4.33. The summed E-state index contributed by atoms with van der Waals surface area (Å²) in [7, 11) is 0. The molecule has 0 aliphatic heterocycles. The third-order valence-corrected chi connectivity index (χ3v) is 1.16. The first-order valence-corrected chi connectivity index (χ1v) is 4.33. The molecule has 0 bridgehead atoms. The highest BCUT2D eigenvalue weighted by atomic mass is 19.3. The standard InChI is InChI=1S/C6H7F2N3.C2H5F2N/c7-5(8)4-11-6-9-2-1-3-10-6;3-2(4)1-5/h1-3,5H,4H2,(H,9,10,11);2H,1,5H2. The zero-order valence-electron chi connectivity index (χ0n) is 8.28. The molecule has 3 N–H and O–H groups in total. The van der Waals surface area contributed by atoms with Crippen molar-refractivity contribution in [3.63, 3.8) is 0 Å². The summed E-state index contributed by atoms with van der Waals surface area (Å²) in [5.41, 5.74) is 4.42. The van der Waals surface area contributed by atoms with E-state index in [2.05, 4.69) is 21.0 Å². The number of nitrogens with one attached hydrogen (secondary N) is 1. The van der Waals surface area contributed by atoms with Crippen LogP contribution in [0.15, 0.2) is 18.5 Å². The Balaban J connectivity index is 0.000000385. The predicted molar refractivity (Wildman–Crippen MR) is 51.6 cm³/mol. The van der Waals surface area contributed by atoms with Gasteiger partial charge in [0.05, 0.1) is 13.1 Å². The second-order valence-corrected chi connectivity index (χ2v) is 2.47. The number of hydrogen-bond acceptors (Lipinski definition) is 4. The minimum absolute atomic E-state index is 0.229. The van der Waals surface area contributed by atoms with E-state index < -0.39 is 25.9 Å². The normalized spacial score (nSPS) is 9.94. The van der Waals surface area contributed by atoms with Crippen LogP contribution >= 0.6 is 0 Å². The molecule has 0 saturated carbocycles. The van der Waals surface area contributed by atoms with Crippen LogP contribution < -0.4 is 11.1 Å². The second kappa shape index (κ2) is 8.84. The number of anilines is 1. The Hall–Kier alpha value is -1.44. The van der Waals surface area contributed by atoms with Crippen molar-refractivity contribution in [3.8, 4) is 0 Å². The van der Waals surface area contributed by atoms with Gasteiger partial charge in [0.15, 0.2) is 0 Å². The van der Waals surface area contributed by atoms with Crippen LogP contribution in [-0.4, -0.2) is 35.9 Å². The Morgan fingerprint density at radius 3 is 2.00 bits per heavy atom. The minimum Gasteiger partial charge on any atom is -0.348 e. The van der Waals surface area contributed by atoms with Crippen molar-refractivity contribution in [1.29, 1.82) is 0 Å². The van der Waals surface area contributed by atoms with Crippen LogP contribution in [0, 0.1) is 0 Å². The first kappa shape index (κ1) is 14.6. The lowest BCUT2D eigenvalue weighted by Crippen LogP contribution is -2.11. The molecule has 0 aliphatic rings. The van der Waals surface area contributed by atoms with Gasteiger partial charge in [-0.15, -0.1) is 0 Å². The van der Waals surface area contributed by atoms with Gasteiger partial charge in [0.25, 0.3) is 12.9 Å². The third-order valence-electron chi connectivity index (χ3n) is 1.16. The average Bonchev–Trinajstić information content (AvgIpc) is 2.28. The van der Waals surface area contributed by atoms with E-state index in [-0.39, 0.29) is 5.95 Å². The van der Waals surface area contributed by atoms with Crippen molar-refractivity contribution in [3.05, 3.63) is 18.5 Å². The molecule has 1 aromatic rings. The fourth-order valence-corrected chi connectivity index (χ4v) is 0.559. The number of nitrogens with two attached hydrogens (primary N) is 1. The van der Waals surface area contributed by atoms with Crippen LogP contribution in [0.5, 0.6) is 0 Å². The highest BCUT2D eigenvalue weighted by Crippen LogP contribution is 1.96. The summed E-state index contributed by atoms with van der Waals surface area (Å²) in [5.74, 6) is 0.229. The monoisotopic (exact) mass is 240 g/mol. The van der Waals surface area contributed by atoms with E-state index in [0.29, 0.717) is 0 Å². The van der Waals surface area contributed by atoms with E-state index in [1.165, 1.54) is 12.4 Å². The molecule has 0 unspecified atom stereocenters. The molecule has 0 atom stereocenters. The molecule has 0 radical (unpaired) electrons. The fraction of sp³-hybridized carbons (Fsp3) is 0.500. The molecule has 8 heteroatoms. The molecule has 0 aromatic carbocycles. The lowest BCUT2D eigenvalue weighted by atomic mass is 10.6. The Morgan fingerprint density at radius 1 is 1.12 bits per heavy atom. The second-order valence-electron chi connectivity index (χ2n) is 2.47. The fourth-order valence-electron chi connectivity index (χ4n) is 0.559. The first-order chi connectivity index (χ1) is 7.56. The molecule has 0 saturated heterocycles. The van der Waals surface area contributed by atoms with Crippen LogP contribution in [0.4, 0.5) is 23.5 Å². The molecule has 1 rings (SSSR count). The van der Waals surface area contributed by atoms with E-state index in [1.807, 2.05) is 0 Å². The van der Waals surface area contributed by atoms with E-state index in [1.54, 1.807) is 6.07 Å². The molecule has 16 heavy (non-hydrogen) atoms. The van der Waals surface area contributed by atoms with Gasteiger partial charge >= 0.3 is 0 Å². The molecular weight excluding hydrogens is 228 g/mol. The number of rotatable bonds is 4. The SMILES string of the molecule is FC(F)CNc1ncccn1.NCC(F)F. The van der Waals surface area contributed by atoms with Gasteiger partial charge in [0.2, 0.25) is 5.95 Å². The van der Waals surface area contributed by atoms with Gasteiger partial charge in [-0.05, 0) is 6.07 Å². The van der Waals surface area contributed by atoms with Gasteiger partial charge in [0.1, 0.15) is 0 Å². The summed E-state index contributed by atoms with van der Waals surface area (Å²) in [5, 5.41) is 2.37. The van der Waals surface area contributed by atoms with Crippen molar-refractivity contribution in [2.75, 3.05) is 18.4 Å². The van der Waals surface area contributed by atoms with E-state index in [4.69, 9.17) is 0 Å². The molecule has 92 valence electrons. The summed E-state index contributed by atoms with van der Waals surface area (Å²) in [6.45, 7) is -0.940. The maximum absolute atomic E-state index is 11.6. The summed E-state index contributed by atoms with van der Waals surface area (Å²) in [6.07, 6.45) is -1.74. The van der Waals surface area contributed by atoms with Crippen molar-refractivity contribution in [2.24, 2.45) is 5.73 Å². The number of hydrogen-bond donors (Lipinski definition) is 2. The lowest BCUT2D eigenvalue weighted by Gasteiger charge is -2.00. The van der Waals surface area contributed by atoms with Crippen molar-refractivity contribution in [2.45, 2.75) is 12.9 Å². The van der Waals surface area contributed by atoms with Crippen LogP contribution in [0.25, 0.3) is 0 Å². The van der Waals surface area contributed by atoms with E-state index in [0.717, 1.165) is 0 Å². The smallest absolute Gasteiger partial charge is 0.255 e. The summed E-state index contributed by atoms with van der Waals surface area (Å²) < 4.78 is 44.5. The molecule has 0 spiro atoms. The Morgan fingerprint density at radius 2 is 1.62 bits per heavy atom. The lowest BCUT2D eigenvalue weighted by molar-refractivity contribution is 0.158. The van der Waals surface area contributed by atoms with Crippen molar-refractivity contribution >= 4 is 5.95 Å². The zero-order valence-corrected chi connectivity index (χ0v) is 8.28. The van der Waals surface area contributed by atoms with Gasteiger partial charge in [-0.25, -0.2) is 27.5 Å². The van der Waals surface area contributed by atoms with Crippen LogP contribution in [0.1, 0.15) is 0 Å². The van der Waals surface area contributed by atoms with Gasteiger partial charge in [0, 0.05) is 12.4 Å². The highest BCUT2D eigenvalue weighted by Gasteiger charge is 2.01. The summed E-state index contributed by atoms with van der Waals surface area (Å²) >= 11 is 0. The zero-order chi connectivity index (χ0) is 12.4. The van der Waals surface area contributed by atoms with E-state index >= 15 is 0 Å². The predicted octanol–water partition coefficient (Wildman–Crippen LogP) is 1.36. The molecule has 1 aromatic heterocycles. The molecule has 0 amide bonds.